The second-order valence-corrected chi connectivity index (χ2v) is 18.0. The van der Waals surface area contributed by atoms with E-state index in [0.717, 1.165) is 39.0 Å². The van der Waals surface area contributed by atoms with Gasteiger partial charge in [0.25, 0.3) is 0 Å². The summed E-state index contributed by atoms with van der Waals surface area (Å²) in [6, 6.07) is 66.6. The second-order valence-electron chi connectivity index (χ2n) is 14.2. The highest BCUT2D eigenvalue weighted by Gasteiger charge is 2.42. The zero-order valence-corrected chi connectivity index (χ0v) is 31.3. The number of pyridine rings is 1. The number of aryl methyl sites for hydroxylation is 2. The highest BCUT2D eigenvalue weighted by molar-refractivity contribution is 7.20. The van der Waals surface area contributed by atoms with Crippen LogP contribution in [0.3, 0.4) is 0 Å². The van der Waals surface area contributed by atoms with Crippen LogP contribution in [0.4, 0.5) is 0 Å². The van der Waals surface area contributed by atoms with Crippen LogP contribution in [0, 0.1) is 6.92 Å². The van der Waals surface area contributed by atoms with Gasteiger partial charge >= 0.3 is 0 Å². The fourth-order valence-electron chi connectivity index (χ4n) is 8.64. The van der Waals surface area contributed by atoms with Gasteiger partial charge in [0, 0.05) is 17.0 Å². The standard InChI is InChI=1S/C50H39N4Si/c1-36-16-9-10-23-43(36)37-30-31-51-50(32-37)54-46-25-12-11-24-44(46)45-29-28-42(34-49(45)54)55(39-18-5-3-6-19-39,40-20-7-4-8-21-40)41-22-15-17-38(33-41)53-35-52(2)47-26-13-14-27-48(47)53/h3-35H,1-2H3/q+1/i2D3. The van der Waals surface area contributed by atoms with Gasteiger partial charge in [-0.05, 0) is 92.9 Å². The van der Waals surface area contributed by atoms with Crippen LogP contribution in [0.2, 0.25) is 0 Å². The first kappa shape index (κ1) is 29.6. The van der Waals surface area contributed by atoms with Crippen LogP contribution in [0.5, 0.6) is 0 Å². The normalized spacial score (nSPS) is 12.9. The van der Waals surface area contributed by atoms with E-state index in [4.69, 9.17) is 9.10 Å². The van der Waals surface area contributed by atoms with Crippen LogP contribution in [0.1, 0.15) is 9.68 Å². The van der Waals surface area contributed by atoms with E-state index in [9.17, 15) is 0 Å². The monoisotopic (exact) mass is 726 g/mol. The van der Waals surface area contributed by atoms with Gasteiger partial charge in [-0.3, -0.25) is 4.57 Å². The number of para-hydroxylation sites is 3. The zero-order valence-electron chi connectivity index (χ0n) is 33.3. The molecule has 0 aliphatic heterocycles. The van der Waals surface area contributed by atoms with Gasteiger partial charge in [0.15, 0.2) is 19.1 Å². The number of benzene rings is 7. The van der Waals surface area contributed by atoms with E-state index in [1.165, 1.54) is 41.8 Å². The molecule has 0 radical (unpaired) electrons. The van der Waals surface area contributed by atoms with Gasteiger partial charge in [-0.25, -0.2) is 9.55 Å². The summed E-state index contributed by atoms with van der Waals surface area (Å²) in [6.45, 7) is -0.185. The quantitative estimate of drug-likeness (QED) is 0.0923. The van der Waals surface area contributed by atoms with Crippen LogP contribution in [0.15, 0.2) is 201 Å². The molecule has 5 heteroatoms. The molecule has 0 unspecified atom stereocenters. The molecule has 0 aliphatic carbocycles. The average molecular weight is 727 g/mol. The predicted molar refractivity (Wildman–Crippen MR) is 230 cm³/mol. The third kappa shape index (κ3) is 5.27. The molecule has 0 saturated carbocycles. The Balaban J connectivity index is 1.27. The summed E-state index contributed by atoms with van der Waals surface area (Å²) in [5.41, 5.74) is 8.09. The maximum absolute atomic E-state index is 8.34. The Hall–Kier alpha value is -6.82. The fourth-order valence-corrected chi connectivity index (χ4v) is 13.4. The lowest BCUT2D eigenvalue weighted by atomic mass is 10.0. The smallest absolute Gasteiger partial charge is 0.249 e. The van der Waals surface area contributed by atoms with Crippen molar-refractivity contribution in [3.8, 4) is 22.6 Å². The van der Waals surface area contributed by atoms with Gasteiger partial charge in [0.05, 0.1) is 22.1 Å². The topological polar surface area (TPSA) is 26.6 Å². The minimum Gasteiger partial charge on any atom is -0.294 e. The van der Waals surface area contributed by atoms with Crippen molar-refractivity contribution in [2.75, 3.05) is 0 Å². The molecule has 10 aromatic rings. The molecule has 10 rings (SSSR count). The maximum atomic E-state index is 8.34. The third-order valence-electron chi connectivity index (χ3n) is 11.1. The van der Waals surface area contributed by atoms with E-state index in [0.29, 0.717) is 5.52 Å². The average Bonchev–Trinajstić information content (AvgIpc) is 3.82. The van der Waals surface area contributed by atoms with Crippen molar-refractivity contribution < 1.29 is 8.68 Å². The molecule has 0 atom stereocenters. The van der Waals surface area contributed by atoms with Crippen LogP contribution in [0.25, 0.3) is 55.5 Å². The first-order chi connectivity index (χ1) is 28.3. The Bertz CT molecular complexity index is 3090. The van der Waals surface area contributed by atoms with Crippen molar-refractivity contribution in [3.05, 3.63) is 206 Å². The van der Waals surface area contributed by atoms with Crippen LogP contribution in [-0.4, -0.2) is 22.2 Å². The molecule has 0 aliphatic rings. The van der Waals surface area contributed by atoms with Crippen molar-refractivity contribution in [2.24, 2.45) is 6.98 Å². The third-order valence-corrected chi connectivity index (χ3v) is 15.9. The Morgan fingerprint density at radius 3 is 1.98 bits per heavy atom. The number of rotatable bonds is 7. The van der Waals surface area contributed by atoms with E-state index >= 15 is 0 Å². The summed E-state index contributed by atoms with van der Waals surface area (Å²) in [5.74, 6) is 0.861. The molecule has 55 heavy (non-hydrogen) atoms. The van der Waals surface area contributed by atoms with Gasteiger partial charge in [0.2, 0.25) is 6.33 Å². The van der Waals surface area contributed by atoms with Gasteiger partial charge in [-0.2, -0.15) is 4.57 Å². The van der Waals surface area contributed by atoms with Gasteiger partial charge in [-0.1, -0.05) is 140 Å². The molecule has 3 heterocycles. The summed E-state index contributed by atoms with van der Waals surface area (Å²) in [6.07, 6.45) is 3.63. The number of hydrogen-bond donors (Lipinski definition) is 0. The first-order valence-corrected chi connectivity index (χ1v) is 20.6. The number of nitrogens with zero attached hydrogens (tertiary/aromatic N) is 4. The van der Waals surface area contributed by atoms with Gasteiger partial charge < -0.3 is 0 Å². The minimum atomic E-state index is -3.09. The second kappa shape index (κ2) is 13.2. The number of hydrogen-bond acceptors (Lipinski definition) is 1. The highest BCUT2D eigenvalue weighted by Crippen LogP contribution is 2.33. The van der Waals surface area contributed by atoms with E-state index in [1.54, 1.807) is 6.33 Å². The van der Waals surface area contributed by atoms with Crippen molar-refractivity contribution in [1.29, 1.82) is 0 Å². The van der Waals surface area contributed by atoms with Crippen molar-refractivity contribution >= 4 is 61.7 Å². The molecular formula is C50H39N4Si+. The molecule has 0 fully saturated rings. The van der Waals surface area contributed by atoms with Gasteiger partial charge in [-0.15, -0.1) is 0 Å². The van der Waals surface area contributed by atoms with Crippen LogP contribution >= 0.6 is 0 Å². The summed E-state index contributed by atoms with van der Waals surface area (Å²) in [5, 5.41) is 7.23. The van der Waals surface area contributed by atoms with Crippen LogP contribution < -0.4 is 25.3 Å². The molecule has 3 aromatic heterocycles. The lowest BCUT2D eigenvalue weighted by molar-refractivity contribution is -0.645. The summed E-state index contributed by atoms with van der Waals surface area (Å²) < 4.78 is 30.8. The van der Waals surface area contributed by atoms with E-state index in [-0.39, 0.29) is 0 Å². The molecule has 0 spiro atoms. The highest BCUT2D eigenvalue weighted by atomic mass is 28.3. The van der Waals surface area contributed by atoms with Crippen molar-refractivity contribution in [3.63, 3.8) is 0 Å². The Morgan fingerprint density at radius 1 is 0.545 bits per heavy atom. The minimum absolute atomic E-state index is 0.654. The Labute approximate surface area is 326 Å². The zero-order chi connectivity index (χ0) is 39.4. The molecule has 7 aromatic carbocycles. The van der Waals surface area contributed by atoms with E-state index < -0.39 is 15.0 Å². The molecule has 4 nitrogen and oxygen atoms in total. The summed E-state index contributed by atoms with van der Waals surface area (Å²) in [7, 11) is -3.09. The molecule has 0 amide bonds. The van der Waals surface area contributed by atoms with Crippen molar-refractivity contribution in [1.82, 2.24) is 14.1 Å². The maximum Gasteiger partial charge on any atom is 0.249 e. The molecule has 262 valence electrons. The molecule has 0 N–H and O–H groups in total. The lowest BCUT2D eigenvalue weighted by Crippen LogP contribution is -2.74. The number of fused-ring (bicyclic) bond motifs is 4. The van der Waals surface area contributed by atoms with Crippen LogP contribution in [-0.2, 0) is 6.98 Å². The Kier molecular flexibility index (Phi) is 7.13. The van der Waals surface area contributed by atoms with E-state index in [2.05, 4.69) is 175 Å². The number of imidazole rings is 1. The fraction of sp³-hybridized carbons (Fsp3) is 0.0400. The summed E-state index contributed by atoms with van der Waals surface area (Å²) in [4.78, 5) is 5.02. The van der Waals surface area contributed by atoms with Gasteiger partial charge in [0.1, 0.15) is 11.5 Å². The molecule has 0 bridgehead atoms. The molecule has 0 saturated heterocycles. The first-order valence-electron chi connectivity index (χ1n) is 20.1. The lowest BCUT2D eigenvalue weighted by Gasteiger charge is -2.34. The number of aromatic nitrogens is 4. The van der Waals surface area contributed by atoms with Crippen molar-refractivity contribution in [2.45, 2.75) is 6.92 Å². The molecular weight excluding hydrogens is 685 g/mol. The van der Waals surface area contributed by atoms with E-state index in [1.807, 2.05) is 35.0 Å². The largest absolute Gasteiger partial charge is 0.294 e. The SMILES string of the molecule is [2H]C([2H])([2H])[n+]1cn(-c2cccc([Si](c3ccccc3)(c3ccccc3)c3ccc4c5ccccc5n(-c5cc(-c6ccccc6C)ccn5)c4c3)c2)c2ccccc21. The predicted octanol–water partition coefficient (Wildman–Crippen LogP) is 8.30. The summed E-state index contributed by atoms with van der Waals surface area (Å²) >= 11 is 0. The Morgan fingerprint density at radius 2 is 1.20 bits per heavy atom.